The Morgan fingerprint density at radius 3 is 2.00 bits per heavy atom. The van der Waals surface area contributed by atoms with E-state index in [2.05, 4.69) is 19.1 Å². The summed E-state index contributed by atoms with van der Waals surface area (Å²) in [5.74, 6) is 0. The van der Waals surface area contributed by atoms with Crippen molar-refractivity contribution in [3.63, 3.8) is 0 Å². The first kappa shape index (κ1) is 19.7. The van der Waals surface area contributed by atoms with Crippen molar-refractivity contribution in [3.05, 3.63) is 12.2 Å². The predicted molar refractivity (Wildman–Crippen MR) is 87.9 cm³/mol. The van der Waals surface area contributed by atoms with Gasteiger partial charge in [-0.15, -0.1) is 0 Å². The Labute approximate surface area is 126 Å². The summed E-state index contributed by atoms with van der Waals surface area (Å²) in [6, 6.07) is 0. The van der Waals surface area contributed by atoms with Crippen LogP contribution in [0.2, 0.25) is 0 Å². The standard InChI is InChI=1S/C18H36O2/c1-2-3-4-5-6-7-9-12-15-18(20)16-13-10-8-11-14-17-19/h8,10,18-20H,2-7,9,11-17H2,1H3. The Hall–Kier alpha value is -0.340. The van der Waals surface area contributed by atoms with Crippen LogP contribution in [0.15, 0.2) is 12.2 Å². The molecule has 2 nitrogen and oxygen atoms in total. The number of aliphatic hydroxyl groups is 2. The molecule has 0 aliphatic heterocycles. The molecule has 0 fully saturated rings. The van der Waals surface area contributed by atoms with Crippen LogP contribution >= 0.6 is 0 Å². The van der Waals surface area contributed by atoms with Gasteiger partial charge in [0.2, 0.25) is 0 Å². The topological polar surface area (TPSA) is 40.5 Å². The zero-order chi connectivity index (χ0) is 14.9. The molecule has 0 aliphatic carbocycles. The van der Waals surface area contributed by atoms with E-state index < -0.39 is 0 Å². The fourth-order valence-corrected chi connectivity index (χ4v) is 2.39. The summed E-state index contributed by atoms with van der Waals surface area (Å²) in [5, 5.41) is 18.5. The SMILES string of the molecule is CCCCCCCCCCC(O)CCC=CCCCO. The van der Waals surface area contributed by atoms with Crippen LogP contribution in [-0.2, 0) is 0 Å². The highest BCUT2D eigenvalue weighted by Gasteiger charge is 2.02. The Morgan fingerprint density at radius 2 is 1.35 bits per heavy atom. The molecule has 120 valence electrons. The maximum Gasteiger partial charge on any atom is 0.0543 e. The Bertz CT molecular complexity index is 202. The van der Waals surface area contributed by atoms with Gasteiger partial charge in [0.15, 0.2) is 0 Å². The molecule has 20 heavy (non-hydrogen) atoms. The van der Waals surface area contributed by atoms with Crippen molar-refractivity contribution in [2.24, 2.45) is 0 Å². The number of unbranched alkanes of at least 4 members (excludes halogenated alkanes) is 8. The zero-order valence-electron chi connectivity index (χ0n) is 13.5. The van der Waals surface area contributed by atoms with E-state index in [1.165, 1.54) is 51.4 Å². The van der Waals surface area contributed by atoms with E-state index in [1.807, 2.05) is 0 Å². The Kier molecular flexibility index (Phi) is 16.4. The molecule has 0 bridgehead atoms. The molecule has 0 aromatic rings. The third-order valence-electron chi connectivity index (χ3n) is 3.75. The van der Waals surface area contributed by atoms with Crippen LogP contribution in [0.4, 0.5) is 0 Å². The highest BCUT2D eigenvalue weighted by Crippen LogP contribution is 2.12. The van der Waals surface area contributed by atoms with Crippen LogP contribution in [0.3, 0.4) is 0 Å². The minimum absolute atomic E-state index is 0.127. The summed E-state index contributed by atoms with van der Waals surface area (Å²) in [5.41, 5.74) is 0. The second-order valence-electron chi connectivity index (χ2n) is 5.83. The van der Waals surface area contributed by atoms with Crippen molar-refractivity contribution >= 4 is 0 Å². The van der Waals surface area contributed by atoms with E-state index in [4.69, 9.17) is 5.11 Å². The monoisotopic (exact) mass is 284 g/mol. The summed E-state index contributed by atoms with van der Waals surface area (Å²) in [6.07, 6.45) is 19.3. The van der Waals surface area contributed by atoms with Crippen molar-refractivity contribution in [2.45, 2.75) is 96.5 Å². The molecule has 1 unspecified atom stereocenters. The number of allylic oxidation sites excluding steroid dienone is 2. The van der Waals surface area contributed by atoms with Gasteiger partial charge in [0.05, 0.1) is 6.10 Å². The van der Waals surface area contributed by atoms with E-state index in [9.17, 15) is 5.11 Å². The smallest absolute Gasteiger partial charge is 0.0543 e. The maximum atomic E-state index is 9.85. The third-order valence-corrected chi connectivity index (χ3v) is 3.75. The lowest BCUT2D eigenvalue weighted by molar-refractivity contribution is 0.152. The highest BCUT2D eigenvalue weighted by molar-refractivity contribution is 4.82. The van der Waals surface area contributed by atoms with Gasteiger partial charge in [-0.1, -0.05) is 70.4 Å². The van der Waals surface area contributed by atoms with Gasteiger partial charge in [0.1, 0.15) is 0 Å². The molecule has 0 aliphatic rings. The number of rotatable bonds is 15. The van der Waals surface area contributed by atoms with Crippen molar-refractivity contribution in [1.82, 2.24) is 0 Å². The fourth-order valence-electron chi connectivity index (χ4n) is 2.39. The van der Waals surface area contributed by atoms with Crippen molar-refractivity contribution in [1.29, 1.82) is 0 Å². The van der Waals surface area contributed by atoms with Crippen molar-refractivity contribution in [3.8, 4) is 0 Å². The Morgan fingerprint density at radius 1 is 0.750 bits per heavy atom. The van der Waals surface area contributed by atoms with E-state index in [1.54, 1.807) is 0 Å². The van der Waals surface area contributed by atoms with Gasteiger partial charge in [-0.2, -0.15) is 0 Å². The van der Waals surface area contributed by atoms with Crippen LogP contribution in [0.25, 0.3) is 0 Å². The van der Waals surface area contributed by atoms with Gasteiger partial charge in [-0.25, -0.2) is 0 Å². The number of hydrogen-bond donors (Lipinski definition) is 2. The lowest BCUT2D eigenvalue weighted by Gasteiger charge is -2.08. The zero-order valence-corrected chi connectivity index (χ0v) is 13.5. The first-order chi connectivity index (χ1) is 9.81. The molecule has 0 heterocycles. The van der Waals surface area contributed by atoms with Gasteiger partial charge in [0.25, 0.3) is 0 Å². The van der Waals surface area contributed by atoms with Crippen LogP contribution in [-0.4, -0.2) is 22.9 Å². The van der Waals surface area contributed by atoms with Crippen LogP contribution < -0.4 is 0 Å². The summed E-state index contributed by atoms with van der Waals surface area (Å²) >= 11 is 0. The molecule has 1 atom stereocenters. The van der Waals surface area contributed by atoms with Crippen molar-refractivity contribution < 1.29 is 10.2 Å². The molecule has 0 saturated heterocycles. The molecule has 0 spiro atoms. The lowest BCUT2D eigenvalue weighted by atomic mass is 10.0. The summed E-state index contributed by atoms with van der Waals surface area (Å²) < 4.78 is 0. The Balaban J connectivity index is 3.20. The second kappa shape index (κ2) is 16.7. The fraction of sp³-hybridized carbons (Fsp3) is 0.889. The summed E-state index contributed by atoms with van der Waals surface area (Å²) in [7, 11) is 0. The molecule has 0 rings (SSSR count). The first-order valence-electron chi connectivity index (χ1n) is 8.75. The first-order valence-corrected chi connectivity index (χ1v) is 8.75. The second-order valence-corrected chi connectivity index (χ2v) is 5.83. The van der Waals surface area contributed by atoms with Gasteiger partial charge < -0.3 is 10.2 Å². The number of aliphatic hydroxyl groups excluding tert-OH is 2. The van der Waals surface area contributed by atoms with Crippen LogP contribution in [0, 0.1) is 0 Å². The molecule has 2 N–H and O–H groups in total. The average Bonchev–Trinajstić information content (AvgIpc) is 2.45. The van der Waals surface area contributed by atoms with Gasteiger partial charge in [-0.3, -0.25) is 0 Å². The molecule has 0 radical (unpaired) electrons. The molecule has 0 aromatic carbocycles. The lowest BCUT2D eigenvalue weighted by Crippen LogP contribution is -2.05. The normalized spacial score (nSPS) is 13.2. The summed E-state index contributed by atoms with van der Waals surface area (Å²) in [4.78, 5) is 0. The minimum atomic E-state index is -0.127. The molecule has 2 heteroatoms. The van der Waals surface area contributed by atoms with E-state index in [0.29, 0.717) is 0 Å². The molecule has 0 saturated carbocycles. The van der Waals surface area contributed by atoms with E-state index in [-0.39, 0.29) is 12.7 Å². The van der Waals surface area contributed by atoms with Gasteiger partial charge in [-0.05, 0) is 32.1 Å². The van der Waals surface area contributed by atoms with Gasteiger partial charge in [0, 0.05) is 6.61 Å². The van der Waals surface area contributed by atoms with Gasteiger partial charge >= 0.3 is 0 Å². The van der Waals surface area contributed by atoms with Crippen LogP contribution in [0.5, 0.6) is 0 Å². The van der Waals surface area contributed by atoms with E-state index >= 15 is 0 Å². The summed E-state index contributed by atoms with van der Waals surface area (Å²) in [6.45, 7) is 2.52. The minimum Gasteiger partial charge on any atom is -0.396 e. The average molecular weight is 284 g/mol. The third kappa shape index (κ3) is 15.7. The number of hydrogen-bond acceptors (Lipinski definition) is 2. The maximum absolute atomic E-state index is 9.85. The highest BCUT2D eigenvalue weighted by atomic mass is 16.3. The molecular weight excluding hydrogens is 248 g/mol. The predicted octanol–water partition coefficient (Wildman–Crippen LogP) is 4.99. The molecule has 0 aromatic heterocycles. The quantitative estimate of drug-likeness (QED) is 0.328. The largest absolute Gasteiger partial charge is 0.396 e. The van der Waals surface area contributed by atoms with Crippen LogP contribution in [0.1, 0.15) is 90.4 Å². The molecule has 0 amide bonds. The van der Waals surface area contributed by atoms with Crippen molar-refractivity contribution in [2.75, 3.05) is 6.61 Å². The molecular formula is C18H36O2. The van der Waals surface area contributed by atoms with E-state index in [0.717, 1.165) is 32.1 Å².